The summed E-state index contributed by atoms with van der Waals surface area (Å²) in [7, 11) is 1.74. The standard InChI is InChI=1S/C11H20P.3CH3.Sn/c1-11(2,3)9-12-10-7-5-4-6-8-10;;;;/h10H,4-8H2,1-3H3;3*1H3;. The van der Waals surface area contributed by atoms with Gasteiger partial charge in [0.1, 0.15) is 0 Å². The van der Waals surface area contributed by atoms with Gasteiger partial charge in [-0.25, -0.2) is 0 Å². The van der Waals surface area contributed by atoms with E-state index in [0.29, 0.717) is 5.41 Å². The Bertz CT molecular complexity index is 233. The van der Waals surface area contributed by atoms with E-state index in [0.717, 1.165) is 5.66 Å². The fraction of sp³-hybridized carbons (Fsp3) is 0.929. The first-order chi connectivity index (χ1) is 7.21. The van der Waals surface area contributed by atoms with E-state index in [1.165, 1.54) is 32.1 Å². The minimum atomic E-state index is -1.85. The molecule has 1 rings (SSSR count). The van der Waals surface area contributed by atoms with Crippen molar-refractivity contribution in [3.05, 3.63) is 0 Å². The van der Waals surface area contributed by atoms with Gasteiger partial charge in [0.15, 0.2) is 0 Å². The first-order valence-corrected chi connectivity index (χ1v) is 17.8. The van der Waals surface area contributed by atoms with Gasteiger partial charge in [-0.15, -0.1) is 0 Å². The Morgan fingerprint density at radius 2 is 1.50 bits per heavy atom. The van der Waals surface area contributed by atoms with E-state index < -0.39 is 18.4 Å². The number of hydrogen-bond donors (Lipinski definition) is 0. The third kappa shape index (κ3) is 4.68. The Balaban J connectivity index is 2.87. The zero-order chi connectivity index (χ0) is 12.4. The van der Waals surface area contributed by atoms with Crippen LogP contribution in [0.4, 0.5) is 0 Å². The Hall–Kier alpha value is 0.969. The molecular weight excluding hydrogens is 318 g/mol. The Morgan fingerprint density at radius 1 is 1.00 bits per heavy atom. The zero-order valence-electron chi connectivity index (χ0n) is 12.1. The van der Waals surface area contributed by atoms with Gasteiger partial charge in [0.2, 0.25) is 0 Å². The van der Waals surface area contributed by atoms with Crippen molar-refractivity contribution in [3.8, 4) is 0 Å². The molecule has 1 aliphatic carbocycles. The maximum atomic E-state index is 2.59. The molecule has 0 spiro atoms. The van der Waals surface area contributed by atoms with Crippen molar-refractivity contribution in [2.45, 2.75) is 73.4 Å². The third-order valence-electron chi connectivity index (χ3n) is 3.31. The second-order valence-electron chi connectivity index (χ2n) is 7.27. The van der Waals surface area contributed by atoms with Gasteiger partial charge in [0.05, 0.1) is 0 Å². The summed E-state index contributed by atoms with van der Waals surface area (Å²) in [6, 6.07) is 0. The van der Waals surface area contributed by atoms with Crippen LogP contribution in [-0.2, 0) is 0 Å². The topological polar surface area (TPSA) is 0 Å². The molecule has 0 aromatic carbocycles. The Labute approximate surface area is 108 Å². The summed E-state index contributed by atoms with van der Waals surface area (Å²) in [6.07, 6.45) is 7.42. The molecule has 0 N–H and O–H groups in total. The molecular formula is C14H29PSn. The van der Waals surface area contributed by atoms with E-state index >= 15 is 0 Å². The normalized spacial score (nSPS) is 21.2. The molecule has 0 amide bonds. The van der Waals surface area contributed by atoms with Crippen LogP contribution < -0.4 is 0 Å². The summed E-state index contributed by atoms with van der Waals surface area (Å²) in [6.45, 7) is 7.29. The average Bonchev–Trinajstić information content (AvgIpc) is 2.12. The number of hydrogen-bond acceptors (Lipinski definition) is 0. The Morgan fingerprint density at radius 3 is 1.88 bits per heavy atom. The van der Waals surface area contributed by atoms with Crippen LogP contribution in [0, 0.1) is 5.41 Å². The molecule has 0 atom stereocenters. The molecule has 0 saturated heterocycles. The van der Waals surface area contributed by atoms with Gasteiger partial charge in [0.25, 0.3) is 0 Å². The van der Waals surface area contributed by atoms with Gasteiger partial charge in [-0.2, -0.15) is 0 Å². The van der Waals surface area contributed by atoms with Crippen molar-refractivity contribution < 1.29 is 0 Å². The molecule has 0 aromatic rings. The summed E-state index contributed by atoms with van der Waals surface area (Å²) in [4.78, 5) is 7.77. The third-order valence-corrected chi connectivity index (χ3v) is 16.9. The predicted octanol–water partition coefficient (Wildman–Crippen LogP) is 5.36. The van der Waals surface area contributed by atoms with Gasteiger partial charge >= 0.3 is 109 Å². The van der Waals surface area contributed by atoms with Gasteiger partial charge < -0.3 is 0 Å². The van der Waals surface area contributed by atoms with Gasteiger partial charge in [0, 0.05) is 0 Å². The first kappa shape index (κ1) is 15.0. The first-order valence-electron chi connectivity index (χ1n) is 6.80. The van der Waals surface area contributed by atoms with Crippen LogP contribution in [0.25, 0.3) is 0 Å². The molecule has 0 bridgehead atoms. The molecule has 16 heavy (non-hydrogen) atoms. The van der Waals surface area contributed by atoms with Crippen LogP contribution in [0.2, 0.25) is 14.8 Å². The van der Waals surface area contributed by atoms with Crippen LogP contribution in [0.1, 0.15) is 52.9 Å². The summed E-state index contributed by atoms with van der Waals surface area (Å²) in [5, 5.41) is 0. The van der Waals surface area contributed by atoms with Crippen molar-refractivity contribution in [1.29, 1.82) is 0 Å². The van der Waals surface area contributed by atoms with Crippen LogP contribution in [-0.4, -0.2) is 27.3 Å². The van der Waals surface area contributed by atoms with Crippen molar-refractivity contribution in [2.24, 2.45) is 5.41 Å². The average molecular weight is 347 g/mol. The van der Waals surface area contributed by atoms with Crippen molar-refractivity contribution in [3.63, 3.8) is 0 Å². The second kappa shape index (κ2) is 5.74. The van der Waals surface area contributed by atoms with Gasteiger partial charge in [-0.05, 0) is 0 Å². The summed E-state index contributed by atoms with van der Waals surface area (Å²) in [5.74, 6) is 0. The van der Waals surface area contributed by atoms with E-state index in [-0.39, 0.29) is 0 Å². The van der Waals surface area contributed by atoms with Crippen molar-refractivity contribution in [1.82, 2.24) is 0 Å². The minimum absolute atomic E-state index is 0.452. The van der Waals surface area contributed by atoms with E-state index in [9.17, 15) is 0 Å². The molecule has 0 aromatic heterocycles. The monoisotopic (exact) mass is 348 g/mol. The van der Waals surface area contributed by atoms with E-state index in [1.54, 1.807) is 8.20 Å². The molecule has 0 aliphatic heterocycles. The molecule has 1 fully saturated rings. The molecule has 0 radical (unpaired) electrons. The maximum absolute atomic E-state index is 2.59. The molecule has 0 heterocycles. The molecule has 1 aliphatic rings. The SMILES string of the molecule is CC(C)(C)[C](=PC1CCCCC1)[Sn]([CH3])([CH3])[CH3]. The van der Waals surface area contributed by atoms with Gasteiger partial charge in [-0.3, -0.25) is 0 Å². The summed E-state index contributed by atoms with van der Waals surface area (Å²) >= 11 is -1.85. The molecule has 0 unspecified atom stereocenters. The zero-order valence-corrected chi connectivity index (χ0v) is 15.8. The quantitative estimate of drug-likeness (QED) is 0.466. The van der Waals surface area contributed by atoms with E-state index in [4.69, 9.17) is 0 Å². The number of rotatable bonds is 2. The molecule has 2 heteroatoms. The van der Waals surface area contributed by atoms with Crippen molar-refractivity contribution >= 4 is 29.9 Å². The van der Waals surface area contributed by atoms with Crippen LogP contribution in [0.5, 0.6) is 0 Å². The second-order valence-corrected chi connectivity index (χ2v) is 24.2. The molecule has 0 nitrogen and oxygen atoms in total. The van der Waals surface area contributed by atoms with Crippen LogP contribution in [0.3, 0.4) is 0 Å². The van der Waals surface area contributed by atoms with Gasteiger partial charge in [-0.1, -0.05) is 0 Å². The van der Waals surface area contributed by atoms with Crippen LogP contribution in [0.15, 0.2) is 0 Å². The van der Waals surface area contributed by atoms with E-state index in [2.05, 4.69) is 35.6 Å². The molecule has 1 saturated carbocycles. The fourth-order valence-electron chi connectivity index (χ4n) is 2.91. The molecule has 94 valence electrons. The van der Waals surface area contributed by atoms with Crippen LogP contribution >= 0.6 is 8.20 Å². The predicted molar refractivity (Wildman–Crippen MR) is 81.6 cm³/mol. The Kier molecular flexibility index (Phi) is 5.39. The summed E-state index contributed by atoms with van der Waals surface area (Å²) < 4.78 is 1.95. The fourth-order valence-corrected chi connectivity index (χ4v) is 16.0. The van der Waals surface area contributed by atoms with E-state index in [1.807, 2.05) is 3.31 Å². The summed E-state index contributed by atoms with van der Waals surface area (Å²) in [5.41, 5.74) is 1.45. The van der Waals surface area contributed by atoms with Crippen molar-refractivity contribution in [2.75, 3.05) is 0 Å².